The van der Waals surface area contributed by atoms with Crippen LogP contribution in [0.5, 0.6) is 0 Å². The molecule has 4 amide bonds. The summed E-state index contributed by atoms with van der Waals surface area (Å²) in [6.07, 6.45) is 0.346. The van der Waals surface area contributed by atoms with E-state index in [9.17, 15) is 14.4 Å². The third-order valence-electron chi connectivity index (χ3n) is 4.75. The summed E-state index contributed by atoms with van der Waals surface area (Å²) in [6, 6.07) is 17.0. The molecule has 0 bridgehead atoms. The van der Waals surface area contributed by atoms with E-state index < -0.39 is 23.4 Å². The highest BCUT2D eigenvalue weighted by atomic mass is 16.3. The topological polar surface area (TPSA) is 91.7 Å². The van der Waals surface area contributed by atoms with Crippen molar-refractivity contribution >= 4 is 28.8 Å². The highest BCUT2D eigenvalue weighted by Gasteiger charge is 2.52. The zero-order valence-corrected chi connectivity index (χ0v) is 14.6. The maximum atomic E-state index is 13.0. The molecule has 1 fully saturated rings. The molecule has 0 aliphatic carbocycles. The van der Waals surface area contributed by atoms with Crippen LogP contribution in [0.4, 0.5) is 4.79 Å². The van der Waals surface area contributed by atoms with Gasteiger partial charge in [0, 0.05) is 5.39 Å². The lowest BCUT2D eigenvalue weighted by Gasteiger charge is -2.25. The fraction of sp³-hybridized carbons (Fsp3) is 0.150. The number of hydrazine groups is 1. The zero-order chi connectivity index (χ0) is 19.0. The van der Waals surface area contributed by atoms with Crippen molar-refractivity contribution in [3.63, 3.8) is 0 Å². The smallest absolute Gasteiger partial charge is 0.344 e. The largest absolute Gasteiger partial charge is 0.451 e. The van der Waals surface area contributed by atoms with Gasteiger partial charge in [0.1, 0.15) is 11.1 Å². The minimum atomic E-state index is -1.21. The number of amides is 4. The zero-order valence-electron chi connectivity index (χ0n) is 14.6. The van der Waals surface area contributed by atoms with Gasteiger partial charge in [-0.05, 0) is 24.1 Å². The van der Waals surface area contributed by atoms with Gasteiger partial charge in [-0.3, -0.25) is 9.59 Å². The molecule has 7 heteroatoms. The molecule has 1 aromatic heterocycles. The van der Waals surface area contributed by atoms with E-state index in [1.165, 1.54) is 0 Å². The molecule has 2 N–H and O–H groups in total. The van der Waals surface area contributed by atoms with Gasteiger partial charge < -0.3 is 9.73 Å². The van der Waals surface area contributed by atoms with E-state index in [1.54, 1.807) is 55.5 Å². The van der Waals surface area contributed by atoms with E-state index in [-0.39, 0.29) is 5.76 Å². The van der Waals surface area contributed by atoms with Crippen molar-refractivity contribution in [1.82, 2.24) is 15.8 Å². The lowest BCUT2D eigenvalue weighted by atomic mass is 9.87. The van der Waals surface area contributed by atoms with Crippen LogP contribution in [0, 0.1) is 0 Å². The lowest BCUT2D eigenvalue weighted by molar-refractivity contribution is -0.133. The van der Waals surface area contributed by atoms with Gasteiger partial charge in [-0.25, -0.2) is 10.2 Å². The standard InChI is InChI=1S/C20H17N3O4/c1-2-20(14-9-4-3-5-10-14)18(25)23(19(26)21-20)22-17(24)16-12-13-8-6-7-11-15(13)27-16/h3-12H,2H2,1H3,(H,21,26)(H,22,24)/t20-/m1/s1. The van der Waals surface area contributed by atoms with Gasteiger partial charge in [-0.1, -0.05) is 55.5 Å². The number of hydrogen-bond acceptors (Lipinski definition) is 4. The van der Waals surface area contributed by atoms with E-state index in [1.807, 2.05) is 12.1 Å². The Balaban J connectivity index is 1.61. The Bertz CT molecular complexity index is 1010. The summed E-state index contributed by atoms with van der Waals surface area (Å²) in [4.78, 5) is 37.9. The summed E-state index contributed by atoms with van der Waals surface area (Å²) in [5, 5.41) is 4.18. The van der Waals surface area contributed by atoms with Crippen molar-refractivity contribution in [1.29, 1.82) is 0 Å². The highest BCUT2D eigenvalue weighted by molar-refractivity contribution is 6.09. The van der Waals surface area contributed by atoms with Crippen molar-refractivity contribution in [3.8, 4) is 0 Å². The molecule has 1 aliphatic rings. The van der Waals surface area contributed by atoms with Gasteiger partial charge >= 0.3 is 11.9 Å². The summed E-state index contributed by atoms with van der Waals surface area (Å²) in [5.74, 6) is -1.19. The second-order valence-corrected chi connectivity index (χ2v) is 6.29. The molecule has 0 unspecified atom stereocenters. The number of para-hydroxylation sites is 1. The van der Waals surface area contributed by atoms with Gasteiger partial charge in [-0.15, -0.1) is 0 Å². The number of rotatable bonds is 4. The van der Waals surface area contributed by atoms with Gasteiger partial charge in [-0.2, -0.15) is 5.01 Å². The molecular formula is C20H17N3O4. The van der Waals surface area contributed by atoms with Gasteiger partial charge in [0.2, 0.25) is 0 Å². The molecule has 4 rings (SSSR count). The van der Waals surface area contributed by atoms with Crippen molar-refractivity contribution in [2.45, 2.75) is 18.9 Å². The molecule has 136 valence electrons. The van der Waals surface area contributed by atoms with E-state index in [0.29, 0.717) is 22.6 Å². The molecule has 1 aliphatic heterocycles. The molecule has 2 heterocycles. The third kappa shape index (κ3) is 2.64. The van der Waals surface area contributed by atoms with Crippen LogP contribution in [0.15, 0.2) is 65.1 Å². The molecule has 0 saturated carbocycles. The fourth-order valence-electron chi connectivity index (χ4n) is 3.29. The van der Waals surface area contributed by atoms with Gasteiger partial charge in [0.25, 0.3) is 5.91 Å². The van der Waals surface area contributed by atoms with E-state index >= 15 is 0 Å². The number of benzene rings is 2. The molecule has 0 radical (unpaired) electrons. The Labute approximate surface area is 154 Å². The van der Waals surface area contributed by atoms with Crippen molar-refractivity contribution in [2.24, 2.45) is 0 Å². The molecule has 7 nitrogen and oxygen atoms in total. The molecule has 1 atom stereocenters. The summed E-state index contributed by atoms with van der Waals surface area (Å²) in [5.41, 5.74) is 2.35. The number of hydrogen-bond donors (Lipinski definition) is 2. The van der Waals surface area contributed by atoms with Gasteiger partial charge in [0.15, 0.2) is 5.76 Å². The first kappa shape index (κ1) is 16.8. The monoisotopic (exact) mass is 363 g/mol. The summed E-state index contributed by atoms with van der Waals surface area (Å²) >= 11 is 0. The van der Waals surface area contributed by atoms with Crippen LogP contribution >= 0.6 is 0 Å². The second-order valence-electron chi connectivity index (χ2n) is 6.29. The molecule has 2 aromatic carbocycles. The van der Waals surface area contributed by atoms with Crippen LogP contribution in [0.2, 0.25) is 0 Å². The van der Waals surface area contributed by atoms with Crippen LogP contribution < -0.4 is 10.7 Å². The fourth-order valence-corrected chi connectivity index (χ4v) is 3.29. The average Bonchev–Trinajstić information content (AvgIpc) is 3.23. The number of imide groups is 1. The number of furan rings is 1. The Morgan fingerprint density at radius 2 is 1.81 bits per heavy atom. The number of urea groups is 1. The highest BCUT2D eigenvalue weighted by Crippen LogP contribution is 2.31. The quantitative estimate of drug-likeness (QED) is 0.697. The Kier molecular flexibility index (Phi) is 3.92. The SMILES string of the molecule is CC[C@]1(c2ccccc2)NC(=O)N(NC(=O)c2cc3ccccc3o2)C1=O. The minimum Gasteiger partial charge on any atom is -0.451 e. The van der Waals surface area contributed by atoms with Crippen LogP contribution in [0.25, 0.3) is 11.0 Å². The summed E-state index contributed by atoms with van der Waals surface area (Å²) in [6.45, 7) is 1.80. The first-order chi connectivity index (χ1) is 13.0. The van der Waals surface area contributed by atoms with Crippen LogP contribution in [0.1, 0.15) is 29.5 Å². The number of nitrogens with zero attached hydrogens (tertiary/aromatic N) is 1. The van der Waals surface area contributed by atoms with E-state index in [4.69, 9.17) is 4.42 Å². The Hall–Kier alpha value is -3.61. The first-order valence-electron chi connectivity index (χ1n) is 8.57. The molecule has 0 spiro atoms. The number of carbonyl (C=O) groups excluding carboxylic acids is 3. The van der Waals surface area contributed by atoms with Gasteiger partial charge in [0.05, 0.1) is 0 Å². The maximum absolute atomic E-state index is 13.0. The van der Waals surface area contributed by atoms with E-state index in [2.05, 4.69) is 10.7 Å². The molecule has 3 aromatic rings. The van der Waals surface area contributed by atoms with Crippen molar-refractivity contribution < 1.29 is 18.8 Å². The predicted molar refractivity (Wildman–Crippen MR) is 97.5 cm³/mol. The Morgan fingerprint density at radius 3 is 2.52 bits per heavy atom. The van der Waals surface area contributed by atoms with Crippen LogP contribution in [0.3, 0.4) is 0 Å². The number of fused-ring (bicyclic) bond motifs is 1. The normalized spacial score (nSPS) is 19.4. The Morgan fingerprint density at radius 1 is 1.11 bits per heavy atom. The maximum Gasteiger partial charge on any atom is 0.344 e. The lowest BCUT2D eigenvalue weighted by Crippen LogP contribution is -2.48. The van der Waals surface area contributed by atoms with E-state index in [0.717, 1.165) is 5.39 Å². The molecule has 27 heavy (non-hydrogen) atoms. The average molecular weight is 363 g/mol. The molecule has 1 saturated heterocycles. The third-order valence-corrected chi connectivity index (χ3v) is 4.75. The predicted octanol–water partition coefficient (Wildman–Crippen LogP) is 2.93. The van der Waals surface area contributed by atoms with Crippen LogP contribution in [-0.2, 0) is 10.3 Å². The van der Waals surface area contributed by atoms with Crippen molar-refractivity contribution in [2.75, 3.05) is 0 Å². The number of nitrogens with one attached hydrogen (secondary N) is 2. The molecular weight excluding hydrogens is 346 g/mol. The minimum absolute atomic E-state index is 0.0190. The van der Waals surface area contributed by atoms with Crippen molar-refractivity contribution in [3.05, 3.63) is 72.0 Å². The van der Waals surface area contributed by atoms with Crippen LogP contribution in [-0.4, -0.2) is 22.9 Å². The first-order valence-corrected chi connectivity index (χ1v) is 8.57. The summed E-state index contributed by atoms with van der Waals surface area (Å²) < 4.78 is 5.49. The number of carbonyl (C=O) groups is 3. The second kappa shape index (κ2) is 6.28. The summed E-state index contributed by atoms with van der Waals surface area (Å²) in [7, 11) is 0.